The van der Waals surface area contributed by atoms with Crippen LogP contribution in [0.25, 0.3) is 16.6 Å². The van der Waals surface area contributed by atoms with Gasteiger partial charge in [0.2, 0.25) is 0 Å². The second-order valence-electron chi connectivity index (χ2n) is 5.87. The molecule has 0 radical (unpaired) electrons. The van der Waals surface area contributed by atoms with E-state index in [0.717, 1.165) is 0 Å². The third-order valence-electron chi connectivity index (χ3n) is 4.07. The number of nitrogens with zero attached hydrogens (tertiary/aromatic N) is 5. The van der Waals surface area contributed by atoms with Crippen LogP contribution in [0.5, 0.6) is 0 Å². The van der Waals surface area contributed by atoms with Crippen LogP contribution < -0.4 is 5.56 Å². The number of hydrogen-bond donors (Lipinski definition) is 0. The molecule has 8 nitrogen and oxygen atoms in total. The van der Waals surface area contributed by atoms with Crippen LogP contribution in [0.15, 0.2) is 65.8 Å². The summed E-state index contributed by atoms with van der Waals surface area (Å²) in [7, 11) is 0. The molecule has 0 spiro atoms. The number of aromatic nitrogens is 4. The third kappa shape index (κ3) is 3.17. The molecule has 0 unspecified atom stereocenters. The van der Waals surface area contributed by atoms with Gasteiger partial charge in [0, 0.05) is 18.3 Å². The number of nitro groups is 1. The first-order chi connectivity index (χ1) is 13.0. The van der Waals surface area contributed by atoms with Crippen molar-refractivity contribution < 1.29 is 9.31 Å². The predicted molar refractivity (Wildman–Crippen MR) is 95.3 cm³/mol. The number of benzene rings is 2. The predicted octanol–water partition coefficient (Wildman–Crippen LogP) is 2.68. The Morgan fingerprint density at radius 1 is 1.15 bits per heavy atom. The van der Waals surface area contributed by atoms with Crippen molar-refractivity contribution in [2.24, 2.45) is 0 Å². The first-order valence-electron chi connectivity index (χ1n) is 7.95. The summed E-state index contributed by atoms with van der Waals surface area (Å²) >= 11 is 0. The van der Waals surface area contributed by atoms with E-state index in [4.69, 9.17) is 0 Å². The fraction of sp³-hybridized carbons (Fsp3) is 0.0556. The highest BCUT2D eigenvalue weighted by Gasteiger charge is 2.11. The van der Waals surface area contributed by atoms with E-state index >= 15 is 0 Å². The quantitative estimate of drug-likeness (QED) is 0.409. The van der Waals surface area contributed by atoms with Crippen LogP contribution in [0.2, 0.25) is 0 Å². The van der Waals surface area contributed by atoms with Crippen molar-refractivity contribution in [2.45, 2.75) is 6.54 Å². The molecule has 0 fully saturated rings. The molecule has 0 atom stereocenters. The Hall–Kier alpha value is -3.88. The van der Waals surface area contributed by atoms with Gasteiger partial charge in [0.15, 0.2) is 0 Å². The average Bonchev–Trinajstić information content (AvgIpc) is 3.12. The molecule has 2 aromatic heterocycles. The zero-order valence-electron chi connectivity index (χ0n) is 13.8. The van der Waals surface area contributed by atoms with Gasteiger partial charge in [-0.25, -0.2) is 14.1 Å². The molecule has 134 valence electrons. The van der Waals surface area contributed by atoms with Crippen molar-refractivity contribution in [1.29, 1.82) is 0 Å². The van der Waals surface area contributed by atoms with Crippen LogP contribution in [-0.4, -0.2) is 24.3 Å². The maximum absolute atomic E-state index is 13.3. The highest BCUT2D eigenvalue weighted by Crippen LogP contribution is 2.16. The smallest absolute Gasteiger partial charge is 0.271 e. The fourth-order valence-corrected chi connectivity index (χ4v) is 2.76. The lowest BCUT2D eigenvalue weighted by Gasteiger charge is -2.05. The number of hydrogen-bond acceptors (Lipinski definition) is 5. The van der Waals surface area contributed by atoms with Crippen molar-refractivity contribution in [2.75, 3.05) is 0 Å². The largest absolute Gasteiger partial charge is 0.293 e. The van der Waals surface area contributed by atoms with Crippen LogP contribution >= 0.6 is 0 Å². The number of rotatable bonds is 4. The summed E-state index contributed by atoms with van der Waals surface area (Å²) in [6, 6.07) is 11.7. The normalized spacial score (nSPS) is 11.0. The summed E-state index contributed by atoms with van der Waals surface area (Å²) in [5.74, 6) is -0.367. The molecule has 0 aliphatic carbocycles. The van der Waals surface area contributed by atoms with Gasteiger partial charge in [0.1, 0.15) is 5.82 Å². The van der Waals surface area contributed by atoms with Gasteiger partial charge < -0.3 is 0 Å². The molecule has 0 saturated heterocycles. The van der Waals surface area contributed by atoms with E-state index in [1.807, 2.05) is 0 Å². The van der Waals surface area contributed by atoms with E-state index in [9.17, 15) is 19.3 Å². The van der Waals surface area contributed by atoms with Gasteiger partial charge in [-0.05, 0) is 30.3 Å². The minimum absolute atomic E-state index is 0.124. The minimum atomic E-state index is -0.536. The second kappa shape index (κ2) is 6.45. The van der Waals surface area contributed by atoms with E-state index in [2.05, 4.69) is 10.1 Å². The first-order valence-corrected chi connectivity index (χ1v) is 7.95. The highest BCUT2D eigenvalue weighted by molar-refractivity contribution is 5.79. The van der Waals surface area contributed by atoms with Crippen molar-refractivity contribution in [3.05, 3.63) is 93.0 Å². The highest BCUT2D eigenvalue weighted by atomic mass is 19.1. The monoisotopic (exact) mass is 365 g/mol. The summed E-state index contributed by atoms with van der Waals surface area (Å²) in [6.07, 6.45) is 3.00. The zero-order valence-corrected chi connectivity index (χ0v) is 13.8. The van der Waals surface area contributed by atoms with Gasteiger partial charge in [0.05, 0.1) is 40.1 Å². The molecule has 0 aliphatic heterocycles. The number of nitro benzene ring substituents is 1. The standard InChI is InChI=1S/C18H12FN5O3/c19-12-2-1-3-14(8-12)23-7-6-13(21-23)10-22-11-20-17-9-15(24(26)27)4-5-16(17)18(22)25/h1-9,11H,10H2. The van der Waals surface area contributed by atoms with Crippen molar-refractivity contribution in [1.82, 2.24) is 19.3 Å². The second-order valence-corrected chi connectivity index (χ2v) is 5.87. The van der Waals surface area contributed by atoms with E-state index < -0.39 is 4.92 Å². The molecule has 2 heterocycles. The van der Waals surface area contributed by atoms with Gasteiger partial charge in [-0.1, -0.05) is 6.07 Å². The van der Waals surface area contributed by atoms with Crippen molar-refractivity contribution in [3.63, 3.8) is 0 Å². The molecule has 9 heteroatoms. The molecule has 0 bridgehead atoms. The molecule has 0 N–H and O–H groups in total. The molecule has 2 aromatic carbocycles. The van der Waals surface area contributed by atoms with Crippen LogP contribution in [0.3, 0.4) is 0 Å². The first kappa shape index (κ1) is 16.6. The Kier molecular flexibility index (Phi) is 3.96. The molecule has 4 aromatic rings. The van der Waals surface area contributed by atoms with Gasteiger partial charge >= 0.3 is 0 Å². The Bertz CT molecular complexity index is 1230. The molecule has 0 amide bonds. The van der Waals surface area contributed by atoms with Gasteiger partial charge in [-0.15, -0.1) is 0 Å². The van der Waals surface area contributed by atoms with E-state index in [1.165, 1.54) is 45.9 Å². The zero-order chi connectivity index (χ0) is 19.0. The molecule has 0 saturated carbocycles. The summed E-state index contributed by atoms with van der Waals surface area (Å²) in [4.78, 5) is 27.0. The Balaban J connectivity index is 1.66. The number of halogens is 1. The lowest BCUT2D eigenvalue weighted by Crippen LogP contribution is -2.21. The minimum Gasteiger partial charge on any atom is -0.293 e. The van der Waals surface area contributed by atoms with Crippen LogP contribution in [0.1, 0.15) is 5.69 Å². The third-order valence-corrected chi connectivity index (χ3v) is 4.07. The number of fused-ring (bicyclic) bond motifs is 1. The number of non-ortho nitro benzene ring substituents is 1. The van der Waals surface area contributed by atoms with E-state index in [1.54, 1.807) is 24.4 Å². The Morgan fingerprint density at radius 3 is 2.78 bits per heavy atom. The van der Waals surface area contributed by atoms with Gasteiger partial charge in [-0.3, -0.25) is 19.5 Å². The average molecular weight is 365 g/mol. The molecule has 27 heavy (non-hydrogen) atoms. The summed E-state index contributed by atoms with van der Waals surface area (Å²) in [6.45, 7) is 0.168. The summed E-state index contributed by atoms with van der Waals surface area (Å²) < 4.78 is 16.2. The van der Waals surface area contributed by atoms with Crippen molar-refractivity contribution in [3.8, 4) is 5.69 Å². The molecule has 0 aliphatic rings. The molecular formula is C18H12FN5O3. The van der Waals surface area contributed by atoms with Gasteiger partial charge in [-0.2, -0.15) is 5.10 Å². The molecular weight excluding hydrogens is 353 g/mol. The lowest BCUT2D eigenvalue weighted by atomic mass is 10.2. The van der Waals surface area contributed by atoms with Crippen LogP contribution in [0, 0.1) is 15.9 Å². The van der Waals surface area contributed by atoms with E-state index in [-0.39, 0.29) is 34.5 Å². The summed E-state index contributed by atoms with van der Waals surface area (Å²) in [5, 5.41) is 15.5. The maximum atomic E-state index is 13.3. The van der Waals surface area contributed by atoms with Gasteiger partial charge in [0.25, 0.3) is 11.2 Å². The lowest BCUT2D eigenvalue weighted by molar-refractivity contribution is -0.384. The Labute approximate surface area is 151 Å². The van der Waals surface area contributed by atoms with Crippen molar-refractivity contribution >= 4 is 16.6 Å². The SMILES string of the molecule is O=c1c2ccc([N+](=O)[O-])cc2ncn1Cc1ccn(-c2cccc(F)c2)n1. The van der Waals surface area contributed by atoms with Crippen LogP contribution in [-0.2, 0) is 6.54 Å². The van der Waals surface area contributed by atoms with E-state index in [0.29, 0.717) is 11.4 Å². The Morgan fingerprint density at radius 2 is 2.00 bits per heavy atom. The van der Waals surface area contributed by atoms with Crippen LogP contribution in [0.4, 0.5) is 10.1 Å². The maximum Gasteiger partial charge on any atom is 0.271 e. The molecule has 4 rings (SSSR count). The fourth-order valence-electron chi connectivity index (χ4n) is 2.76. The topological polar surface area (TPSA) is 95.9 Å². The summed E-state index contributed by atoms with van der Waals surface area (Å²) in [5.41, 5.74) is 0.967.